The van der Waals surface area contributed by atoms with Gasteiger partial charge in [0.25, 0.3) is 5.91 Å². The average molecular weight is 301 g/mol. The number of benzene rings is 1. The second-order valence-corrected chi connectivity index (χ2v) is 5.07. The summed E-state index contributed by atoms with van der Waals surface area (Å²) in [5, 5.41) is 2.63. The Morgan fingerprint density at radius 3 is 2.55 bits per heavy atom. The van der Waals surface area contributed by atoms with Crippen LogP contribution in [-0.2, 0) is 4.79 Å². The molecule has 1 rings (SSSR count). The van der Waals surface area contributed by atoms with Gasteiger partial charge in [-0.1, -0.05) is 17.7 Å². The third kappa shape index (κ3) is 4.20. The molecule has 0 aliphatic rings. The molecule has 0 saturated carbocycles. The van der Waals surface area contributed by atoms with E-state index in [0.29, 0.717) is 6.54 Å². The molecule has 1 aromatic rings. The lowest BCUT2D eigenvalue weighted by molar-refractivity contribution is -0.130. The van der Waals surface area contributed by atoms with Gasteiger partial charge in [-0.05, 0) is 26.0 Å². The van der Waals surface area contributed by atoms with E-state index in [-0.39, 0.29) is 29.1 Å². The highest BCUT2D eigenvalue weighted by atomic mass is 35.5. The monoisotopic (exact) mass is 300 g/mol. The first-order valence-electron chi connectivity index (χ1n) is 6.34. The molecule has 1 N–H and O–H groups in total. The van der Waals surface area contributed by atoms with Crippen LogP contribution in [-0.4, -0.2) is 35.8 Å². The van der Waals surface area contributed by atoms with Gasteiger partial charge in [0.1, 0.15) is 5.82 Å². The lowest BCUT2D eigenvalue weighted by Crippen LogP contribution is -2.41. The van der Waals surface area contributed by atoms with Gasteiger partial charge < -0.3 is 10.2 Å². The molecule has 0 radical (unpaired) electrons. The van der Waals surface area contributed by atoms with Crippen LogP contribution in [0, 0.1) is 5.82 Å². The first-order chi connectivity index (χ1) is 9.34. The van der Waals surface area contributed by atoms with Crippen LogP contribution < -0.4 is 5.32 Å². The van der Waals surface area contributed by atoms with Crippen molar-refractivity contribution in [3.05, 3.63) is 34.6 Å². The van der Waals surface area contributed by atoms with Crippen molar-refractivity contribution in [3.63, 3.8) is 0 Å². The van der Waals surface area contributed by atoms with Crippen molar-refractivity contribution < 1.29 is 14.0 Å². The zero-order valence-corrected chi connectivity index (χ0v) is 12.5. The fraction of sp³-hybridized carbons (Fsp3) is 0.429. The van der Waals surface area contributed by atoms with E-state index in [1.807, 2.05) is 13.8 Å². The third-order valence-corrected chi connectivity index (χ3v) is 3.17. The molecule has 6 heteroatoms. The molecular weight excluding hydrogens is 283 g/mol. The molecule has 0 aliphatic heterocycles. The van der Waals surface area contributed by atoms with Crippen LogP contribution in [0.15, 0.2) is 18.2 Å². The summed E-state index contributed by atoms with van der Waals surface area (Å²) in [7, 11) is 0. The molecule has 20 heavy (non-hydrogen) atoms. The number of nitrogens with zero attached hydrogens (tertiary/aromatic N) is 1. The third-order valence-electron chi connectivity index (χ3n) is 2.86. The minimum Gasteiger partial charge on any atom is -0.350 e. The molecule has 4 nitrogen and oxygen atoms in total. The topological polar surface area (TPSA) is 49.4 Å². The van der Waals surface area contributed by atoms with Gasteiger partial charge >= 0.3 is 0 Å². The van der Waals surface area contributed by atoms with Crippen LogP contribution in [0.25, 0.3) is 0 Å². The minimum atomic E-state index is -0.665. The number of hydrogen-bond acceptors (Lipinski definition) is 2. The van der Waals surface area contributed by atoms with E-state index in [9.17, 15) is 14.0 Å². The highest BCUT2D eigenvalue weighted by molar-refractivity contribution is 6.33. The standard InChI is InChI=1S/C14H18ClFN2O2/c1-9(2)18(10(3)19)8-7-17-14(20)13-11(15)5-4-6-12(13)16/h4-6,9H,7-8H2,1-3H3,(H,17,20). The minimum absolute atomic E-state index is 0.0430. The van der Waals surface area contributed by atoms with Crippen molar-refractivity contribution in [1.29, 1.82) is 0 Å². The number of hydrogen-bond donors (Lipinski definition) is 1. The molecule has 1 aromatic carbocycles. The molecule has 0 atom stereocenters. The molecule has 0 aliphatic carbocycles. The van der Waals surface area contributed by atoms with Crippen molar-refractivity contribution in [3.8, 4) is 0 Å². The fourth-order valence-electron chi connectivity index (χ4n) is 1.87. The van der Waals surface area contributed by atoms with Crippen LogP contribution in [0.4, 0.5) is 4.39 Å². The Labute approximate surface area is 122 Å². The lowest BCUT2D eigenvalue weighted by Gasteiger charge is -2.25. The average Bonchev–Trinajstić information content (AvgIpc) is 2.33. The summed E-state index contributed by atoms with van der Waals surface area (Å²) >= 11 is 5.80. The van der Waals surface area contributed by atoms with Gasteiger partial charge in [0, 0.05) is 26.1 Å². The fourth-order valence-corrected chi connectivity index (χ4v) is 2.12. The molecule has 0 fully saturated rings. The number of amides is 2. The van der Waals surface area contributed by atoms with Gasteiger partial charge in [-0.2, -0.15) is 0 Å². The van der Waals surface area contributed by atoms with Crippen LogP contribution in [0.2, 0.25) is 5.02 Å². The highest BCUT2D eigenvalue weighted by Crippen LogP contribution is 2.18. The summed E-state index contributed by atoms with van der Waals surface area (Å²) in [4.78, 5) is 24.9. The summed E-state index contributed by atoms with van der Waals surface area (Å²) in [5.74, 6) is -1.32. The predicted octanol–water partition coefficient (Wildman–Crippen LogP) is 2.47. The number of carbonyl (C=O) groups excluding carboxylic acids is 2. The van der Waals surface area contributed by atoms with Crippen molar-refractivity contribution in [2.75, 3.05) is 13.1 Å². The second-order valence-electron chi connectivity index (χ2n) is 4.66. The number of carbonyl (C=O) groups is 2. The van der Waals surface area contributed by atoms with E-state index < -0.39 is 11.7 Å². The van der Waals surface area contributed by atoms with E-state index >= 15 is 0 Å². The van der Waals surface area contributed by atoms with E-state index in [2.05, 4.69) is 5.32 Å². The van der Waals surface area contributed by atoms with E-state index in [4.69, 9.17) is 11.6 Å². The number of nitrogens with one attached hydrogen (secondary N) is 1. The summed E-state index contributed by atoms with van der Waals surface area (Å²) < 4.78 is 13.5. The maximum atomic E-state index is 13.5. The molecule has 0 unspecified atom stereocenters. The Morgan fingerprint density at radius 2 is 2.05 bits per heavy atom. The van der Waals surface area contributed by atoms with Crippen molar-refractivity contribution in [2.45, 2.75) is 26.8 Å². The number of halogens is 2. The summed E-state index contributed by atoms with van der Waals surface area (Å²) in [5.41, 5.74) is -0.173. The second kappa shape index (κ2) is 7.24. The maximum Gasteiger partial charge on any atom is 0.255 e. The summed E-state index contributed by atoms with van der Waals surface area (Å²) in [6.07, 6.45) is 0. The molecule has 0 bridgehead atoms. The van der Waals surface area contributed by atoms with E-state index in [1.54, 1.807) is 4.90 Å². The predicted molar refractivity (Wildman–Crippen MR) is 76.3 cm³/mol. The Morgan fingerprint density at radius 1 is 1.40 bits per heavy atom. The van der Waals surface area contributed by atoms with Gasteiger partial charge in [0.2, 0.25) is 5.91 Å². The van der Waals surface area contributed by atoms with Crippen LogP contribution >= 0.6 is 11.6 Å². The van der Waals surface area contributed by atoms with Crippen molar-refractivity contribution in [1.82, 2.24) is 10.2 Å². The zero-order chi connectivity index (χ0) is 15.3. The highest BCUT2D eigenvalue weighted by Gasteiger charge is 2.16. The van der Waals surface area contributed by atoms with Gasteiger partial charge in [0.05, 0.1) is 10.6 Å². The van der Waals surface area contributed by atoms with Crippen LogP contribution in [0.1, 0.15) is 31.1 Å². The largest absolute Gasteiger partial charge is 0.350 e. The molecule has 110 valence electrons. The normalized spacial score (nSPS) is 10.5. The molecule has 2 amide bonds. The van der Waals surface area contributed by atoms with Gasteiger partial charge in [-0.25, -0.2) is 4.39 Å². The Hall–Kier alpha value is -1.62. The van der Waals surface area contributed by atoms with Crippen LogP contribution in [0.5, 0.6) is 0 Å². The first-order valence-corrected chi connectivity index (χ1v) is 6.71. The summed E-state index contributed by atoms with van der Waals surface area (Å²) in [6, 6.07) is 4.11. The smallest absolute Gasteiger partial charge is 0.255 e. The Balaban J connectivity index is 2.62. The van der Waals surface area contributed by atoms with Gasteiger partial charge in [0.15, 0.2) is 0 Å². The molecule has 0 spiro atoms. The van der Waals surface area contributed by atoms with Crippen molar-refractivity contribution >= 4 is 23.4 Å². The number of rotatable bonds is 5. The molecule has 0 aromatic heterocycles. The Kier molecular flexibility index (Phi) is 5.95. The lowest BCUT2D eigenvalue weighted by atomic mass is 10.2. The molecule has 0 saturated heterocycles. The van der Waals surface area contributed by atoms with E-state index in [0.717, 1.165) is 0 Å². The first kappa shape index (κ1) is 16.4. The van der Waals surface area contributed by atoms with Crippen molar-refractivity contribution in [2.24, 2.45) is 0 Å². The SMILES string of the molecule is CC(=O)N(CCNC(=O)c1c(F)cccc1Cl)C(C)C. The Bertz CT molecular complexity index is 486. The van der Waals surface area contributed by atoms with E-state index in [1.165, 1.54) is 25.1 Å². The summed E-state index contributed by atoms with van der Waals surface area (Å²) in [6.45, 7) is 5.84. The van der Waals surface area contributed by atoms with Crippen LogP contribution in [0.3, 0.4) is 0 Å². The molecule has 0 heterocycles. The maximum absolute atomic E-state index is 13.5. The molecular formula is C14H18ClFN2O2. The van der Waals surface area contributed by atoms with Gasteiger partial charge in [-0.15, -0.1) is 0 Å². The zero-order valence-electron chi connectivity index (χ0n) is 11.7. The van der Waals surface area contributed by atoms with Gasteiger partial charge in [-0.3, -0.25) is 9.59 Å². The quantitative estimate of drug-likeness (QED) is 0.908.